The second-order valence-electron chi connectivity index (χ2n) is 10.4. The largest absolute Gasteiger partial charge is 0.456 e. The van der Waals surface area contributed by atoms with E-state index < -0.39 is 0 Å². The summed E-state index contributed by atoms with van der Waals surface area (Å²) in [5.74, 6) is 1.82. The fraction of sp³-hybridized carbons (Fsp3) is 0. The predicted octanol–water partition coefficient (Wildman–Crippen LogP) is 9.82. The van der Waals surface area contributed by atoms with E-state index in [1.165, 1.54) is 0 Å². The molecule has 3 heterocycles. The molecule has 5 nitrogen and oxygen atoms in total. The number of hydrogen-bond acceptors (Lipinski definition) is 5. The van der Waals surface area contributed by atoms with Crippen molar-refractivity contribution in [2.24, 2.45) is 0 Å². The molecule has 42 heavy (non-hydrogen) atoms. The van der Waals surface area contributed by atoms with Crippen molar-refractivity contribution in [2.45, 2.75) is 0 Å². The van der Waals surface area contributed by atoms with Gasteiger partial charge in [0.25, 0.3) is 0 Å². The van der Waals surface area contributed by atoms with Gasteiger partial charge in [-0.25, -0.2) is 15.0 Å². The Kier molecular flexibility index (Phi) is 4.83. The lowest BCUT2D eigenvalue weighted by atomic mass is 9.99. The van der Waals surface area contributed by atoms with Gasteiger partial charge in [0.2, 0.25) is 0 Å². The summed E-state index contributed by atoms with van der Waals surface area (Å²) in [6.45, 7) is 0. The summed E-state index contributed by atoms with van der Waals surface area (Å²) < 4.78 is 12.4. The zero-order valence-electron chi connectivity index (χ0n) is 22.3. The Morgan fingerprint density at radius 2 is 0.976 bits per heavy atom. The first kappa shape index (κ1) is 22.9. The molecule has 0 spiro atoms. The molecule has 0 fully saturated rings. The van der Waals surface area contributed by atoms with Gasteiger partial charge >= 0.3 is 0 Å². The summed E-state index contributed by atoms with van der Waals surface area (Å²) in [7, 11) is 0. The number of para-hydroxylation sites is 2. The first-order valence-corrected chi connectivity index (χ1v) is 13.9. The molecule has 0 bridgehead atoms. The van der Waals surface area contributed by atoms with Crippen LogP contribution >= 0.6 is 0 Å². The fourth-order valence-electron chi connectivity index (χ4n) is 5.98. The number of fused-ring (bicyclic) bond motifs is 8. The van der Waals surface area contributed by atoms with Gasteiger partial charge < -0.3 is 8.83 Å². The molecule has 6 aromatic carbocycles. The molecule has 0 aliphatic heterocycles. The highest BCUT2D eigenvalue weighted by Crippen LogP contribution is 2.38. The van der Waals surface area contributed by atoms with Gasteiger partial charge in [0.1, 0.15) is 22.3 Å². The van der Waals surface area contributed by atoms with Crippen LogP contribution in [0.1, 0.15) is 0 Å². The van der Waals surface area contributed by atoms with Crippen molar-refractivity contribution >= 4 is 54.6 Å². The summed E-state index contributed by atoms with van der Waals surface area (Å²) in [6.07, 6.45) is 0. The molecule has 196 valence electrons. The van der Waals surface area contributed by atoms with E-state index in [4.69, 9.17) is 23.8 Å². The minimum Gasteiger partial charge on any atom is -0.456 e. The highest BCUT2D eigenvalue weighted by Gasteiger charge is 2.18. The minimum atomic E-state index is 0.591. The smallest absolute Gasteiger partial charge is 0.164 e. The van der Waals surface area contributed by atoms with Crippen molar-refractivity contribution in [1.82, 2.24) is 15.0 Å². The second kappa shape index (κ2) is 8.85. The molecule has 9 rings (SSSR count). The standard InChI is InChI=1S/C37H21N3O2/c1-2-9-22(10-3-1)35-38-36(23-17-18-26-25-11-4-6-15-30(25)42-33(26)21-23)40-37(39-35)28-14-8-13-27-24(28)19-20-32-34(27)29-12-5-7-16-31(29)41-32/h1-21H. The number of furan rings is 2. The lowest BCUT2D eigenvalue weighted by Gasteiger charge is -2.11. The summed E-state index contributed by atoms with van der Waals surface area (Å²) >= 11 is 0. The van der Waals surface area contributed by atoms with E-state index in [0.29, 0.717) is 17.5 Å². The van der Waals surface area contributed by atoms with E-state index in [1.54, 1.807) is 0 Å². The van der Waals surface area contributed by atoms with Gasteiger partial charge in [-0.3, -0.25) is 0 Å². The molecule has 0 saturated carbocycles. The van der Waals surface area contributed by atoms with E-state index in [0.717, 1.165) is 71.3 Å². The van der Waals surface area contributed by atoms with Gasteiger partial charge in [-0.1, -0.05) is 91.0 Å². The number of benzene rings is 6. The third-order valence-electron chi connectivity index (χ3n) is 7.94. The molecule has 0 saturated heterocycles. The Morgan fingerprint density at radius 3 is 1.83 bits per heavy atom. The zero-order valence-corrected chi connectivity index (χ0v) is 22.3. The van der Waals surface area contributed by atoms with Gasteiger partial charge in [0.05, 0.1) is 0 Å². The van der Waals surface area contributed by atoms with Gasteiger partial charge in [-0.15, -0.1) is 0 Å². The van der Waals surface area contributed by atoms with Crippen LogP contribution in [0, 0.1) is 0 Å². The van der Waals surface area contributed by atoms with Crippen LogP contribution in [-0.4, -0.2) is 15.0 Å². The number of rotatable bonds is 3. The van der Waals surface area contributed by atoms with Crippen LogP contribution in [0.15, 0.2) is 136 Å². The zero-order chi connectivity index (χ0) is 27.6. The van der Waals surface area contributed by atoms with Crippen molar-refractivity contribution in [2.75, 3.05) is 0 Å². The second-order valence-corrected chi connectivity index (χ2v) is 10.4. The van der Waals surface area contributed by atoms with Gasteiger partial charge in [0.15, 0.2) is 17.5 Å². The van der Waals surface area contributed by atoms with Crippen LogP contribution in [0.3, 0.4) is 0 Å². The van der Waals surface area contributed by atoms with Crippen LogP contribution in [0.4, 0.5) is 0 Å². The lowest BCUT2D eigenvalue weighted by Crippen LogP contribution is -2.00. The highest BCUT2D eigenvalue weighted by atomic mass is 16.3. The first-order valence-electron chi connectivity index (χ1n) is 13.9. The molecule has 0 N–H and O–H groups in total. The number of nitrogens with zero attached hydrogens (tertiary/aromatic N) is 3. The summed E-state index contributed by atoms with van der Waals surface area (Å²) in [5, 5.41) is 6.50. The summed E-state index contributed by atoms with van der Waals surface area (Å²) in [6, 6.07) is 42.9. The maximum atomic E-state index is 6.19. The quantitative estimate of drug-likeness (QED) is 0.224. The highest BCUT2D eigenvalue weighted by molar-refractivity contribution is 6.20. The van der Waals surface area contributed by atoms with Gasteiger partial charge in [-0.2, -0.15) is 0 Å². The number of aromatic nitrogens is 3. The van der Waals surface area contributed by atoms with Gasteiger partial charge in [-0.05, 0) is 47.2 Å². The topological polar surface area (TPSA) is 65.0 Å². The molecule has 0 atom stereocenters. The third-order valence-corrected chi connectivity index (χ3v) is 7.94. The molecule has 5 heteroatoms. The Bertz CT molecular complexity index is 2470. The maximum absolute atomic E-state index is 6.19. The van der Waals surface area contributed by atoms with E-state index >= 15 is 0 Å². The Morgan fingerprint density at radius 1 is 0.357 bits per heavy atom. The minimum absolute atomic E-state index is 0.591. The molecule has 0 radical (unpaired) electrons. The molecule has 0 aliphatic carbocycles. The van der Waals surface area contributed by atoms with E-state index in [9.17, 15) is 0 Å². The van der Waals surface area contributed by atoms with E-state index in [2.05, 4.69) is 48.5 Å². The van der Waals surface area contributed by atoms with E-state index in [1.807, 2.05) is 78.9 Å². The summed E-state index contributed by atoms with van der Waals surface area (Å²) in [5.41, 5.74) is 6.13. The molecule has 9 aromatic rings. The molecule has 0 aliphatic rings. The number of hydrogen-bond donors (Lipinski definition) is 0. The SMILES string of the molecule is c1ccc(-c2nc(-c3ccc4c(c3)oc3ccccc34)nc(-c3cccc4c3ccc3oc5ccccc5c34)n2)cc1. The monoisotopic (exact) mass is 539 g/mol. The molecule has 0 amide bonds. The van der Waals surface area contributed by atoms with Crippen molar-refractivity contribution < 1.29 is 8.83 Å². The van der Waals surface area contributed by atoms with Crippen LogP contribution in [0.25, 0.3) is 88.8 Å². The normalized spacial score (nSPS) is 11.8. The van der Waals surface area contributed by atoms with Crippen molar-refractivity contribution in [3.8, 4) is 34.2 Å². The van der Waals surface area contributed by atoms with Crippen LogP contribution < -0.4 is 0 Å². The average molecular weight is 540 g/mol. The van der Waals surface area contributed by atoms with Crippen LogP contribution in [0.2, 0.25) is 0 Å². The predicted molar refractivity (Wildman–Crippen MR) is 168 cm³/mol. The molecule has 0 unspecified atom stereocenters. The average Bonchev–Trinajstić information content (AvgIpc) is 3.63. The van der Waals surface area contributed by atoms with Crippen LogP contribution in [0.5, 0.6) is 0 Å². The Balaban J connectivity index is 1.29. The Labute approximate surface area is 239 Å². The molecular weight excluding hydrogens is 518 g/mol. The van der Waals surface area contributed by atoms with Crippen molar-refractivity contribution in [1.29, 1.82) is 0 Å². The third kappa shape index (κ3) is 3.47. The van der Waals surface area contributed by atoms with Crippen molar-refractivity contribution in [3.63, 3.8) is 0 Å². The maximum Gasteiger partial charge on any atom is 0.164 e. The molecule has 3 aromatic heterocycles. The van der Waals surface area contributed by atoms with Gasteiger partial charge in [0, 0.05) is 38.2 Å². The summed E-state index contributed by atoms with van der Waals surface area (Å²) in [4.78, 5) is 15.0. The Hall–Kier alpha value is -5.81. The lowest BCUT2D eigenvalue weighted by molar-refractivity contribution is 0.668. The van der Waals surface area contributed by atoms with Crippen LogP contribution in [-0.2, 0) is 0 Å². The first-order chi connectivity index (χ1) is 20.8. The fourth-order valence-corrected chi connectivity index (χ4v) is 5.98. The van der Waals surface area contributed by atoms with E-state index in [-0.39, 0.29) is 0 Å². The molecular formula is C37H21N3O2. The van der Waals surface area contributed by atoms with Crippen molar-refractivity contribution in [3.05, 3.63) is 127 Å².